The fraction of sp³-hybridized carbons (Fsp3) is 0.192. The Morgan fingerprint density at radius 2 is 1.70 bits per heavy atom. The lowest BCUT2D eigenvalue weighted by Gasteiger charge is -2.29. The lowest BCUT2D eigenvalue weighted by molar-refractivity contribution is -0.129. The number of nitrogens with zero attached hydrogens (tertiary/aromatic N) is 3. The van der Waals surface area contributed by atoms with Crippen molar-refractivity contribution in [1.29, 1.82) is 0 Å². The zero-order valence-electron chi connectivity index (χ0n) is 18.4. The molecule has 0 spiro atoms. The Kier molecular flexibility index (Phi) is 7.30. The summed E-state index contributed by atoms with van der Waals surface area (Å²) in [6.45, 7) is 2.01. The van der Waals surface area contributed by atoms with E-state index in [1.165, 1.54) is 11.8 Å². The average molecular weight is 522 g/mol. The Morgan fingerprint density at radius 1 is 1.03 bits per heavy atom. The summed E-state index contributed by atoms with van der Waals surface area (Å²) in [7, 11) is 1.79. The summed E-state index contributed by atoms with van der Waals surface area (Å²) in [6.07, 6.45) is 0.625. The van der Waals surface area contributed by atoms with Crippen molar-refractivity contribution >= 4 is 44.5 Å². The topological polar surface area (TPSA) is 55.2 Å². The second-order valence-corrected chi connectivity index (χ2v) is 9.60. The summed E-state index contributed by atoms with van der Waals surface area (Å²) in [6, 6.07) is 24.4. The molecular formula is C26H24BrN3O2S. The molecule has 0 N–H and O–H groups in total. The number of benzene rings is 3. The number of carbonyl (C=O) groups excluding carboxylic acids is 1. The van der Waals surface area contributed by atoms with Crippen LogP contribution in [-0.4, -0.2) is 33.2 Å². The zero-order chi connectivity index (χ0) is 23.4. The SMILES string of the molecule is CCC(c1nc2ccccc2c(=O)n1-c1ccc(Br)cc1)N(C)C(=O)CSc1ccccc1. The molecule has 0 saturated heterocycles. The molecule has 1 atom stereocenters. The number of carbonyl (C=O) groups is 1. The first-order chi connectivity index (χ1) is 16.0. The lowest BCUT2D eigenvalue weighted by atomic mass is 10.1. The van der Waals surface area contributed by atoms with Gasteiger partial charge in [-0.3, -0.25) is 14.2 Å². The van der Waals surface area contributed by atoms with Gasteiger partial charge in [-0.25, -0.2) is 4.98 Å². The monoisotopic (exact) mass is 521 g/mol. The van der Waals surface area contributed by atoms with Gasteiger partial charge in [-0.05, 0) is 55.0 Å². The zero-order valence-corrected chi connectivity index (χ0v) is 20.8. The third-order valence-electron chi connectivity index (χ3n) is 5.54. The quantitative estimate of drug-likeness (QED) is 0.286. The maximum Gasteiger partial charge on any atom is 0.266 e. The summed E-state index contributed by atoms with van der Waals surface area (Å²) < 4.78 is 2.56. The van der Waals surface area contributed by atoms with Gasteiger partial charge >= 0.3 is 0 Å². The van der Waals surface area contributed by atoms with Crippen molar-refractivity contribution in [3.05, 3.63) is 99.5 Å². The van der Waals surface area contributed by atoms with E-state index in [2.05, 4.69) is 15.9 Å². The highest BCUT2D eigenvalue weighted by molar-refractivity contribution is 9.10. The van der Waals surface area contributed by atoms with Gasteiger partial charge in [0, 0.05) is 16.4 Å². The van der Waals surface area contributed by atoms with E-state index in [1.54, 1.807) is 22.6 Å². The van der Waals surface area contributed by atoms with E-state index in [-0.39, 0.29) is 17.5 Å². The molecule has 1 amide bonds. The molecule has 1 heterocycles. The first-order valence-electron chi connectivity index (χ1n) is 10.7. The second-order valence-electron chi connectivity index (χ2n) is 7.63. The summed E-state index contributed by atoms with van der Waals surface area (Å²) in [5.74, 6) is 0.858. The molecule has 0 saturated carbocycles. The van der Waals surface area contributed by atoms with Crippen LogP contribution in [-0.2, 0) is 4.79 Å². The summed E-state index contributed by atoms with van der Waals surface area (Å²) in [5.41, 5.74) is 1.20. The van der Waals surface area contributed by atoms with E-state index in [4.69, 9.17) is 4.98 Å². The Bertz CT molecular complexity index is 1320. The van der Waals surface area contributed by atoms with E-state index >= 15 is 0 Å². The number of para-hydroxylation sites is 1. The molecule has 4 rings (SSSR count). The number of hydrogen-bond donors (Lipinski definition) is 0. The molecule has 0 aliphatic rings. The van der Waals surface area contributed by atoms with Crippen molar-refractivity contribution in [3.63, 3.8) is 0 Å². The highest BCUT2D eigenvalue weighted by Gasteiger charge is 2.26. The molecule has 33 heavy (non-hydrogen) atoms. The molecular weight excluding hydrogens is 498 g/mol. The third-order valence-corrected chi connectivity index (χ3v) is 7.06. The van der Waals surface area contributed by atoms with Gasteiger partial charge in [-0.2, -0.15) is 0 Å². The van der Waals surface area contributed by atoms with Crippen LogP contribution in [0.15, 0.2) is 93.0 Å². The number of hydrogen-bond acceptors (Lipinski definition) is 4. The first-order valence-corrected chi connectivity index (χ1v) is 12.5. The predicted octanol–water partition coefficient (Wildman–Crippen LogP) is 5.85. The Hall–Kier alpha value is -2.90. The molecule has 0 radical (unpaired) electrons. The van der Waals surface area contributed by atoms with Crippen LogP contribution in [0, 0.1) is 0 Å². The number of fused-ring (bicyclic) bond motifs is 1. The van der Waals surface area contributed by atoms with Gasteiger partial charge in [-0.15, -0.1) is 11.8 Å². The van der Waals surface area contributed by atoms with Gasteiger partial charge in [0.15, 0.2) is 0 Å². The molecule has 0 aliphatic heterocycles. The molecule has 3 aromatic carbocycles. The van der Waals surface area contributed by atoms with Crippen LogP contribution in [0.3, 0.4) is 0 Å². The van der Waals surface area contributed by atoms with E-state index in [1.807, 2.05) is 79.7 Å². The Labute approximate surface area is 205 Å². The van der Waals surface area contributed by atoms with Crippen LogP contribution in [0.5, 0.6) is 0 Å². The van der Waals surface area contributed by atoms with Crippen molar-refractivity contribution in [1.82, 2.24) is 14.5 Å². The maximum atomic E-state index is 13.6. The molecule has 168 valence electrons. The minimum atomic E-state index is -0.352. The molecule has 1 aromatic heterocycles. The molecule has 0 aliphatic carbocycles. The number of thioether (sulfide) groups is 1. The van der Waals surface area contributed by atoms with Gasteiger partial charge in [0.2, 0.25) is 5.91 Å². The smallest absolute Gasteiger partial charge is 0.266 e. The van der Waals surface area contributed by atoms with Crippen molar-refractivity contribution in [2.24, 2.45) is 0 Å². The maximum absolute atomic E-state index is 13.6. The van der Waals surface area contributed by atoms with Crippen LogP contribution in [0.4, 0.5) is 0 Å². The lowest BCUT2D eigenvalue weighted by Crippen LogP contribution is -2.36. The standard InChI is InChI=1S/C26H24BrN3O2S/c1-3-23(29(2)24(31)17-33-20-9-5-4-6-10-20)25-28-22-12-8-7-11-21(22)26(32)30(25)19-15-13-18(27)14-16-19/h4-16,23H,3,17H2,1-2H3. The fourth-order valence-corrected chi connectivity index (χ4v) is 4.89. The number of rotatable bonds is 7. The van der Waals surface area contributed by atoms with Crippen LogP contribution in [0.2, 0.25) is 0 Å². The normalized spacial score (nSPS) is 12.0. The number of halogens is 1. The van der Waals surface area contributed by atoms with E-state index in [0.717, 1.165) is 15.1 Å². The van der Waals surface area contributed by atoms with E-state index in [9.17, 15) is 9.59 Å². The summed E-state index contributed by atoms with van der Waals surface area (Å²) in [4.78, 5) is 34.3. The number of amides is 1. The van der Waals surface area contributed by atoms with Crippen molar-refractivity contribution < 1.29 is 4.79 Å². The van der Waals surface area contributed by atoms with Gasteiger partial charge in [0.1, 0.15) is 5.82 Å². The van der Waals surface area contributed by atoms with Gasteiger partial charge in [0.05, 0.1) is 28.4 Å². The van der Waals surface area contributed by atoms with E-state index in [0.29, 0.717) is 28.9 Å². The van der Waals surface area contributed by atoms with Crippen LogP contribution in [0.25, 0.3) is 16.6 Å². The minimum Gasteiger partial charge on any atom is -0.335 e. The first kappa shape index (κ1) is 23.3. The fourth-order valence-electron chi connectivity index (χ4n) is 3.78. The van der Waals surface area contributed by atoms with Gasteiger partial charge in [-0.1, -0.05) is 53.2 Å². The van der Waals surface area contributed by atoms with Crippen molar-refractivity contribution in [2.75, 3.05) is 12.8 Å². The molecule has 5 nitrogen and oxygen atoms in total. The van der Waals surface area contributed by atoms with Gasteiger partial charge in [0.25, 0.3) is 5.56 Å². The molecule has 1 unspecified atom stereocenters. The third kappa shape index (κ3) is 5.04. The predicted molar refractivity (Wildman–Crippen MR) is 138 cm³/mol. The van der Waals surface area contributed by atoms with Crippen molar-refractivity contribution in [3.8, 4) is 5.69 Å². The molecule has 0 bridgehead atoms. The van der Waals surface area contributed by atoms with Gasteiger partial charge < -0.3 is 4.90 Å². The highest BCUT2D eigenvalue weighted by atomic mass is 79.9. The van der Waals surface area contributed by atoms with Crippen molar-refractivity contribution in [2.45, 2.75) is 24.3 Å². The average Bonchev–Trinajstić information content (AvgIpc) is 2.84. The second kappa shape index (κ2) is 10.4. The molecule has 0 fully saturated rings. The van der Waals surface area contributed by atoms with Crippen LogP contribution < -0.4 is 5.56 Å². The largest absolute Gasteiger partial charge is 0.335 e. The summed E-state index contributed by atoms with van der Waals surface area (Å²) in [5, 5.41) is 0.549. The van der Waals surface area contributed by atoms with E-state index < -0.39 is 0 Å². The van der Waals surface area contributed by atoms with Crippen LogP contribution in [0.1, 0.15) is 25.2 Å². The van der Waals surface area contributed by atoms with Crippen LogP contribution >= 0.6 is 27.7 Å². The molecule has 4 aromatic rings. The minimum absolute atomic E-state index is 0.0135. The highest BCUT2D eigenvalue weighted by Crippen LogP contribution is 2.27. The Morgan fingerprint density at radius 3 is 2.39 bits per heavy atom. The Balaban J connectivity index is 1.75. The summed E-state index contributed by atoms with van der Waals surface area (Å²) >= 11 is 4.96. The number of aromatic nitrogens is 2. The molecule has 7 heteroatoms.